The van der Waals surface area contributed by atoms with Crippen LogP contribution < -0.4 is 5.32 Å². The largest absolute Gasteiger partial charge is 0.339 e. The molecule has 1 aliphatic rings. The summed E-state index contributed by atoms with van der Waals surface area (Å²) < 4.78 is 0. The number of carbonyl (C=O) groups excluding carboxylic acids is 2. The van der Waals surface area contributed by atoms with Gasteiger partial charge in [-0.3, -0.25) is 4.79 Å². The first-order chi connectivity index (χ1) is 11.7. The molecule has 0 aliphatic carbocycles. The van der Waals surface area contributed by atoms with Gasteiger partial charge in [-0.15, -0.1) is 0 Å². The second-order valence-corrected chi connectivity index (χ2v) is 8.16. The Bertz CT molecular complexity index is 615. The summed E-state index contributed by atoms with van der Waals surface area (Å²) in [6.45, 7) is 8.51. The fourth-order valence-corrected chi connectivity index (χ4v) is 3.34. The zero-order valence-corrected chi connectivity index (χ0v) is 16.5. The molecule has 1 aromatic carbocycles. The van der Waals surface area contributed by atoms with Crippen molar-refractivity contribution in [1.82, 2.24) is 15.1 Å². The lowest BCUT2D eigenvalue weighted by atomic mass is 9.94. The molecule has 3 amide bonds. The maximum absolute atomic E-state index is 12.3. The lowest BCUT2D eigenvalue weighted by Crippen LogP contribution is -2.55. The number of nitrogens with zero attached hydrogens (tertiary/aromatic N) is 2. The van der Waals surface area contributed by atoms with Crippen molar-refractivity contribution in [3.8, 4) is 0 Å². The van der Waals surface area contributed by atoms with Crippen LogP contribution in [-0.4, -0.2) is 54.5 Å². The van der Waals surface area contributed by atoms with E-state index in [1.54, 1.807) is 11.0 Å². The number of amides is 3. The summed E-state index contributed by atoms with van der Waals surface area (Å²) in [4.78, 5) is 28.1. The van der Waals surface area contributed by atoms with Crippen LogP contribution in [0.1, 0.15) is 26.3 Å². The molecule has 1 fully saturated rings. The van der Waals surface area contributed by atoms with Gasteiger partial charge in [0.05, 0.1) is 0 Å². The number of carbonyl (C=O) groups is 2. The maximum Gasteiger partial charge on any atom is 0.317 e. The van der Waals surface area contributed by atoms with Crippen molar-refractivity contribution in [1.29, 1.82) is 0 Å². The van der Waals surface area contributed by atoms with Crippen LogP contribution in [0.25, 0.3) is 0 Å². The lowest BCUT2D eigenvalue weighted by Gasteiger charge is -2.37. The van der Waals surface area contributed by atoms with Crippen molar-refractivity contribution >= 4 is 35.1 Å². The molecule has 5 nitrogen and oxygen atoms in total. The third kappa shape index (κ3) is 5.79. The molecule has 1 N–H and O–H groups in total. The van der Waals surface area contributed by atoms with Gasteiger partial charge in [-0.1, -0.05) is 44.0 Å². The molecule has 2 rings (SSSR count). The van der Waals surface area contributed by atoms with Gasteiger partial charge >= 0.3 is 6.03 Å². The van der Waals surface area contributed by atoms with Gasteiger partial charge in [-0.25, -0.2) is 4.79 Å². The number of hydrogen-bond acceptors (Lipinski definition) is 2. The lowest BCUT2D eigenvalue weighted by molar-refractivity contribution is -0.140. The molecular weight excluding hydrogens is 361 g/mol. The van der Waals surface area contributed by atoms with E-state index in [-0.39, 0.29) is 17.4 Å². The van der Waals surface area contributed by atoms with E-state index in [0.717, 1.165) is 5.56 Å². The van der Waals surface area contributed by atoms with Gasteiger partial charge in [0.15, 0.2) is 0 Å². The number of urea groups is 1. The minimum Gasteiger partial charge on any atom is -0.339 e. The summed E-state index contributed by atoms with van der Waals surface area (Å²) in [7, 11) is 0. The Morgan fingerprint density at radius 2 is 1.52 bits per heavy atom. The molecule has 0 unspecified atom stereocenters. The molecule has 138 valence electrons. The highest BCUT2D eigenvalue weighted by Gasteiger charge is 2.30. The Morgan fingerprint density at radius 1 is 1.00 bits per heavy atom. The van der Waals surface area contributed by atoms with E-state index in [9.17, 15) is 9.59 Å². The summed E-state index contributed by atoms with van der Waals surface area (Å²) in [5, 5.41) is 4.09. The van der Waals surface area contributed by atoms with Crippen molar-refractivity contribution in [3.63, 3.8) is 0 Å². The monoisotopic (exact) mass is 385 g/mol. The molecular formula is C18H25Cl2N3O2. The summed E-state index contributed by atoms with van der Waals surface area (Å²) in [6.07, 6.45) is 0.661. The van der Waals surface area contributed by atoms with E-state index in [0.29, 0.717) is 49.2 Å². The van der Waals surface area contributed by atoms with Crippen molar-refractivity contribution in [3.05, 3.63) is 33.8 Å². The molecule has 0 radical (unpaired) electrons. The van der Waals surface area contributed by atoms with Crippen molar-refractivity contribution in [2.24, 2.45) is 5.41 Å². The highest BCUT2D eigenvalue weighted by molar-refractivity contribution is 6.34. The molecule has 1 saturated heterocycles. The minimum absolute atomic E-state index is 0.101. The number of halogens is 2. The Balaban J connectivity index is 1.76. The van der Waals surface area contributed by atoms with Crippen molar-refractivity contribution in [2.45, 2.75) is 27.2 Å². The molecule has 1 aliphatic heterocycles. The van der Waals surface area contributed by atoms with Crippen LogP contribution in [0.3, 0.4) is 0 Å². The minimum atomic E-state index is -0.386. The zero-order chi connectivity index (χ0) is 18.6. The van der Waals surface area contributed by atoms with Gasteiger partial charge in [-0.05, 0) is 30.2 Å². The third-order valence-electron chi connectivity index (χ3n) is 4.11. The second kappa shape index (κ2) is 8.28. The van der Waals surface area contributed by atoms with Crippen LogP contribution >= 0.6 is 23.2 Å². The van der Waals surface area contributed by atoms with Gasteiger partial charge in [0.1, 0.15) is 0 Å². The summed E-state index contributed by atoms with van der Waals surface area (Å²) in [5.74, 6) is 0.130. The molecule has 7 heteroatoms. The average molecular weight is 386 g/mol. The highest BCUT2D eigenvalue weighted by atomic mass is 35.5. The van der Waals surface area contributed by atoms with Crippen molar-refractivity contribution in [2.75, 3.05) is 32.7 Å². The van der Waals surface area contributed by atoms with Crippen LogP contribution in [0, 0.1) is 5.41 Å². The Hall–Kier alpha value is -1.46. The van der Waals surface area contributed by atoms with Gasteiger partial charge in [0, 0.05) is 48.2 Å². The van der Waals surface area contributed by atoms with Crippen LogP contribution in [0.4, 0.5) is 4.79 Å². The topological polar surface area (TPSA) is 52.7 Å². The number of benzene rings is 1. The van der Waals surface area contributed by atoms with E-state index >= 15 is 0 Å². The molecule has 0 atom stereocenters. The summed E-state index contributed by atoms with van der Waals surface area (Å²) >= 11 is 11.9. The number of nitrogens with one attached hydrogen (secondary N) is 1. The molecule has 1 aromatic rings. The maximum atomic E-state index is 12.3. The summed E-state index contributed by atoms with van der Waals surface area (Å²) in [5.41, 5.74) is 0.598. The highest BCUT2D eigenvalue weighted by Crippen LogP contribution is 2.20. The quantitative estimate of drug-likeness (QED) is 0.865. The SMILES string of the molecule is CC(C)(C)C(=O)N1CCN(C(=O)NCCc2cc(Cl)cc(Cl)c2)CC1. The first-order valence-corrected chi connectivity index (χ1v) is 9.19. The number of rotatable bonds is 3. The van der Waals surface area contributed by atoms with E-state index in [1.165, 1.54) is 0 Å². The Morgan fingerprint density at radius 3 is 2.04 bits per heavy atom. The molecule has 0 bridgehead atoms. The average Bonchev–Trinajstić information content (AvgIpc) is 2.52. The fraction of sp³-hybridized carbons (Fsp3) is 0.556. The second-order valence-electron chi connectivity index (χ2n) is 7.29. The predicted molar refractivity (Wildman–Crippen MR) is 101 cm³/mol. The van der Waals surface area contributed by atoms with Crippen LogP contribution in [0.2, 0.25) is 10.0 Å². The molecule has 0 saturated carbocycles. The molecule has 0 aromatic heterocycles. The van der Waals surface area contributed by atoms with Gasteiger partial charge in [0.2, 0.25) is 5.91 Å². The smallest absolute Gasteiger partial charge is 0.317 e. The summed E-state index contributed by atoms with van der Waals surface area (Å²) in [6, 6.07) is 5.27. The van der Waals surface area contributed by atoms with Crippen molar-refractivity contribution < 1.29 is 9.59 Å². The van der Waals surface area contributed by atoms with E-state index in [2.05, 4.69) is 5.32 Å². The van der Waals surface area contributed by atoms with E-state index in [1.807, 2.05) is 37.8 Å². The predicted octanol–water partition coefficient (Wildman–Crippen LogP) is 3.44. The normalized spacial score (nSPS) is 15.2. The van der Waals surface area contributed by atoms with E-state index in [4.69, 9.17) is 23.2 Å². The first kappa shape index (κ1) is 19.9. The van der Waals surface area contributed by atoms with E-state index < -0.39 is 0 Å². The molecule has 0 spiro atoms. The number of piperazine rings is 1. The Labute approximate surface area is 159 Å². The van der Waals surface area contributed by atoms with Crippen LogP contribution in [0.15, 0.2) is 18.2 Å². The standard InChI is InChI=1S/C18H25Cl2N3O2/c1-18(2,3)16(24)22-6-8-23(9-7-22)17(25)21-5-4-13-10-14(19)12-15(20)11-13/h10-12H,4-9H2,1-3H3,(H,21,25). The van der Waals surface area contributed by atoms with Gasteiger partial charge in [-0.2, -0.15) is 0 Å². The Kier molecular flexibility index (Phi) is 6.58. The molecule has 25 heavy (non-hydrogen) atoms. The first-order valence-electron chi connectivity index (χ1n) is 8.44. The van der Waals surface area contributed by atoms with Crippen LogP contribution in [-0.2, 0) is 11.2 Å². The third-order valence-corrected chi connectivity index (χ3v) is 4.54. The van der Waals surface area contributed by atoms with Gasteiger partial charge in [0.25, 0.3) is 0 Å². The van der Waals surface area contributed by atoms with Gasteiger partial charge < -0.3 is 15.1 Å². The number of hydrogen-bond donors (Lipinski definition) is 1. The fourth-order valence-electron chi connectivity index (χ4n) is 2.77. The zero-order valence-electron chi connectivity index (χ0n) is 14.9. The molecule has 1 heterocycles. The van der Waals surface area contributed by atoms with Crippen LogP contribution in [0.5, 0.6) is 0 Å².